The second-order valence-electron chi connectivity index (χ2n) is 10.5. The smallest absolute Gasteiger partial charge is 0.335 e. The molecule has 0 aromatic heterocycles. The third-order valence-corrected chi connectivity index (χ3v) is 8.74. The molecular weight excluding hydrogens is 662 g/mol. The molecule has 0 spiro atoms. The zero-order chi connectivity index (χ0) is 34.8. The molecule has 49 heavy (non-hydrogen) atoms. The van der Waals surface area contributed by atoms with Crippen LogP contribution in [-0.2, 0) is 9.59 Å². The molecule has 0 aliphatic heterocycles. The lowest BCUT2D eigenvalue weighted by Gasteiger charge is -2.18. The van der Waals surface area contributed by atoms with Gasteiger partial charge < -0.3 is 25.8 Å². The first-order valence-corrected chi connectivity index (χ1v) is 16.2. The molecule has 9 nitrogen and oxygen atoms in total. The molecule has 4 N–H and O–H groups in total. The van der Waals surface area contributed by atoms with Gasteiger partial charge in [0.15, 0.2) is 0 Å². The van der Waals surface area contributed by atoms with Crippen molar-refractivity contribution in [3.05, 3.63) is 160 Å². The summed E-state index contributed by atoms with van der Waals surface area (Å²) in [6, 6.07) is 35.8. The first-order chi connectivity index (χ1) is 23.7. The van der Waals surface area contributed by atoms with Gasteiger partial charge >= 0.3 is 5.97 Å². The number of halogens is 1. The van der Waals surface area contributed by atoms with E-state index < -0.39 is 28.9 Å². The van der Waals surface area contributed by atoms with Gasteiger partial charge in [0.05, 0.1) is 23.4 Å². The molecule has 11 heteroatoms. The number of benzene rings is 5. The number of carboxylic acids is 1. The summed E-state index contributed by atoms with van der Waals surface area (Å²) in [4.78, 5) is 52.3. The normalized spacial score (nSPS) is 11.6. The lowest BCUT2D eigenvalue weighted by Crippen LogP contribution is -2.30. The van der Waals surface area contributed by atoms with E-state index in [1.165, 1.54) is 37.1 Å². The highest BCUT2D eigenvalue weighted by atomic mass is 35.5. The van der Waals surface area contributed by atoms with Gasteiger partial charge in [0.25, 0.3) is 11.8 Å². The molecule has 0 bridgehead atoms. The lowest BCUT2D eigenvalue weighted by molar-refractivity contribution is -0.116. The third kappa shape index (κ3) is 9.16. The molecule has 1 atom stereocenters. The summed E-state index contributed by atoms with van der Waals surface area (Å²) in [5.41, 5.74) is 2.32. The number of thioether (sulfide) groups is 1. The number of carboxylic acid groups (broad SMARTS) is 1. The molecule has 0 aliphatic rings. The Balaban J connectivity index is 1.35. The van der Waals surface area contributed by atoms with Crippen molar-refractivity contribution in [2.75, 3.05) is 17.7 Å². The van der Waals surface area contributed by atoms with E-state index in [0.717, 1.165) is 4.90 Å². The number of hydrogen-bond donors (Lipinski definition) is 4. The number of carbonyl (C=O) groups excluding carboxylic acids is 3. The second-order valence-corrected chi connectivity index (χ2v) is 12.1. The molecule has 1 unspecified atom stereocenters. The van der Waals surface area contributed by atoms with Gasteiger partial charge in [0.2, 0.25) is 5.91 Å². The van der Waals surface area contributed by atoms with Crippen molar-refractivity contribution in [1.82, 2.24) is 5.32 Å². The van der Waals surface area contributed by atoms with Crippen LogP contribution in [0.5, 0.6) is 5.75 Å². The number of hydrogen-bond acceptors (Lipinski definition) is 6. The van der Waals surface area contributed by atoms with Gasteiger partial charge in [-0.2, -0.15) is 0 Å². The van der Waals surface area contributed by atoms with Crippen LogP contribution >= 0.6 is 23.4 Å². The van der Waals surface area contributed by atoms with E-state index in [0.29, 0.717) is 28.1 Å². The van der Waals surface area contributed by atoms with Crippen molar-refractivity contribution in [2.24, 2.45) is 0 Å². The van der Waals surface area contributed by atoms with E-state index >= 15 is 0 Å². The average molecular weight is 692 g/mol. The first-order valence-electron chi connectivity index (χ1n) is 14.9. The van der Waals surface area contributed by atoms with Gasteiger partial charge in [-0.15, -0.1) is 11.8 Å². The minimum absolute atomic E-state index is 0.00301. The van der Waals surface area contributed by atoms with Crippen LogP contribution < -0.4 is 20.7 Å². The van der Waals surface area contributed by atoms with Gasteiger partial charge in [-0.1, -0.05) is 78.3 Å². The van der Waals surface area contributed by atoms with Crippen LogP contribution in [0.15, 0.2) is 138 Å². The highest BCUT2D eigenvalue weighted by Crippen LogP contribution is 2.37. The van der Waals surface area contributed by atoms with E-state index in [-0.39, 0.29) is 22.0 Å². The Bertz CT molecular complexity index is 2000. The Morgan fingerprint density at radius 1 is 0.776 bits per heavy atom. The molecule has 3 amide bonds. The number of rotatable bonds is 12. The van der Waals surface area contributed by atoms with Crippen LogP contribution in [0.1, 0.15) is 37.1 Å². The van der Waals surface area contributed by atoms with E-state index in [1.54, 1.807) is 84.9 Å². The van der Waals surface area contributed by atoms with E-state index in [9.17, 15) is 24.3 Å². The van der Waals surface area contributed by atoms with Gasteiger partial charge in [0, 0.05) is 21.7 Å². The molecule has 0 aliphatic carbocycles. The third-order valence-electron chi connectivity index (χ3n) is 7.15. The fraction of sp³-hybridized carbons (Fsp3) is 0.0526. The zero-order valence-electron chi connectivity index (χ0n) is 26.1. The minimum atomic E-state index is -1.14. The van der Waals surface area contributed by atoms with Crippen molar-refractivity contribution in [3.8, 4) is 5.75 Å². The number of anilines is 2. The SMILES string of the molecule is COc1ccccc1/C=C(\NC(=O)c1ccccc1)C(=O)Nc1ccc(SC(C(=O)Nc2cc(C(=O)O)ccc2Cl)c2ccccc2)cc1. The first kappa shape index (κ1) is 34.5. The van der Waals surface area contributed by atoms with E-state index in [2.05, 4.69) is 16.0 Å². The van der Waals surface area contributed by atoms with Gasteiger partial charge in [-0.3, -0.25) is 14.4 Å². The second kappa shape index (κ2) is 16.3. The van der Waals surface area contributed by atoms with Crippen LogP contribution in [0.2, 0.25) is 5.02 Å². The summed E-state index contributed by atoms with van der Waals surface area (Å²) < 4.78 is 5.43. The van der Waals surface area contributed by atoms with Gasteiger partial charge in [-0.05, 0) is 72.3 Å². The zero-order valence-corrected chi connectivity index (χ0v) is 27.6. The molecule has 0 saturated heterocycles. The number of carbonyl (C=O) groups is 4. The maximum absolute atomic E-state index is 13.6. The Hall–Kier alpha value is -5.84. The van der Waals surface area contributed by atoms with E-state index in [1.807, 2.05) is 30.3 Å². The topological polar surface area (TPSA) is 134 Å². The average Bonchev–Trinajstić information content (AvgIpc) is 3.12. The number of para-hydroxylation sites is 1. The quantitative estimate of drug-likeness (QED) is 0.0771. The van der Waals surface area contributed by atoms with Crippen molar-refractivity contribution < 1.29 is 29.0 Å². The Labute approximate surface area is 292 Å². The molecule has 0 heterocycles. The molecule has 5 rings (SSSR count). The fourth-order valence-corrected chi connectivity index (χ4v) is 5.88. The summed E-state index contributed by atoms with van der Waals surface area (Å²) in [5, 5.41) is 17.2. The monoisotopic (exact) mass is 691 g/mol. The Morgan fingerprint density at radius 2 is 1.43 bits per heavy atom. The highest BCUT2D eigenvalue weighted by molar-refractivity contribution is 8.00. The number of amides is 3. The minimum Gasteiger partial charge on any atom is -0.496 e. The Morgan fingerprint density at radius 3 is 2.10 bits per heavy atom. The molecule has 0 fully saturated rings. The van der Waals surface area contributed by atoms with E-state index in [4.69, 9.17) is 16.3 Å². The number of methoxy groups -OCH3 is 1. The van der Waals surface area contributed by atoms with Gasteiger partial charge in [0.1, 0.15) is 16.7 Å². The largest absolute Gasteiger partial charge is 0.496 e. The summed E-state index contributed by atoms with van der Waals surface area (Å²) in [7, 11) is 1.52. The van der Waals surface area contributed by atoms with Crippen molar-refractivity contribution in [2.45, 2.75) is 10.1 Å². The van der Waals surface area contributed by atoms with Crippen LogP contribution in [0.4, 0.5) is 11.4 Å². The maximum Gasteiger partial charge on any atom is 0.335 e. The fourth-order valence-electron chi connectivity index (χ4n) is 4.69. The van der Waals surface area contributed by atoms with Crippen molar-refractivity contribution >= 4 is 64.5 Å². The maximum atomic E-state index is 13.6. The van der Waals surface area contributed by atoms with Crippen LogP contribution in [-0.4, -0.2) is 35.9 Å². The number of ether oxygens (including phenoxy) is 1. The van der Waals surface area contributed by atoms with Crippen molar-refractivity contribution in [3.63, 3.8) is 0 Å². The molecular formula is C38H30ClN3O6S. The molecule has 5 aromatic rings. The predicted octanol–water partition coefficient (Wildman–Crippen LogP) is 7.93. The predicted molar refractivity (Wildman–Crippen MR) is 192 cm³/mol. The van der Waals surface area contributed by atoms with Gasteiger partial charge in [-0.25, -0.2) is 4.79 Å². The Kier molecular flexibility index (Phi) is 11.5. The summed E-state index contributed by atoms with van der Waals surface area (Å²) in [6.45, 7) is 0. The van der Waals surface area contributed by atoms with Crippen molar-refractivity contribution in [1.29, 1.82) is 0 Å². The molecule has 246 valence electrons. The summed E-state index contributed by atoms with van der Waals surface area (Å²) in [6.07, 6.45) is 1.54. The summed E-state index contributed by atoms with van der Waals surface area (Å²) >= 11 is 7.54. The molecule has 0 radical (unpaired) electrons. The lowest BCUT2D eigenvalue weighted by atomic mass is 10.1. The standard InChI is InChI=1S/C38H30ClN3O6S/c1-48-33-15-9-8-14-26(33)22-32(42-35(43)25-12-6-3-7-13-25)36(44)40-28-17-19-29(20-18-28)49-34(24-10-4-2-5-11-24)37(45)41-31-23-27(38(46)47)16-21-30(31)39/h2-23,34H,1H3,(H,40,44)(H,41,45)(H,42,43)(H,46,47)/b32-22-. The summed E-state index contributed by atoms with van der Waals surface area (Å²) in [5.74, 6) is -2.04. The van der Waals surface area contributed by atoms with Crippen LogP contribution in [0, 0.1) is 0 Å². The number of nitrogens with one attached hydrogen (secondary N) is 3. The highest BCUT2D eigenvalue weighted by Gasteiger charge is 2.24. The number of aromatic carboxylic acids is 1. The molecule has 5 aromatic carbocycles. The molecule has 0 saturated carbocycles. The van der Waals surface area contributed by atoms with Crippen LogP contribution in [0.3, 0.4) is 0 Å². The van der Waals surface area contributed by atoms with Crippen LogP contribution in [0.25, 0.3) is 6.08 Å².